The molecule has 0 bridgehead atoms. The van der Waals surface area contributed by atoms with Crippen LogP contribution in [0.5, 0.6) is 0 Å². The molecule has 0 aliphatic rings. The summed E-state index contributed by atoms with van der Waals surface area (Å²) >= 11 is 0. The van der Waals surface area contributed by atoms with Crippen LogP contribution in [-0.4, -0.2) is 51.7 Å². The van der Waals surface area contributed by atoms with E-state index in [1.54, 1.807) is 18.9 Å². The van der Waals surface area contributed by atoms with Gasteiger partial charge in [0.25, 0.3) is 0 Å². The van der Waals surface area contributed by atoms with Crippen molar-refractivity contribution in [1.29, 1.82) is 0 Å². The summed E-state index contributed by atoms with van der Waals surface area (Å²) in [5.74, 6) is -0.967. The number of carbonyl (C=O) groups excluding carboxylic acids is 1. The predicted octanol–water partition coefficient (Wildman–Crippen LogP) is 1.97. The van der Waals surface area contributed by atoms with Gasteiger partial charge in [-0.1, -0.05) is 0 Å². The predicted molar refractivity (Wildman–Crippen MR) is 83.2 cm³/mol. The summed E-state index contributed by atoms with van der Waals surface area (Å²) in [6, 6.07) is 2.63. The first-order chi connectivity index (χ1) is 9.86. The number of hydrogen-bond donors (Lipinski definition) is 1. The van der Waals surface area contributed by atoms with Crippen molar-refractivity contribution in [1.82, 2.24) is 4.90 Å². The second kappa shape index (κ2) is 7.83. The summed E-state index contributed by atoms with van der Waals surface area (Å²) in [7, 11) is 5.77. The zero-order valence-electron chi connectivity index (χ0n) is 13.1. The molecule has 1 rings (SSSR count). The molecular formula is C15H24FN3O2. The van der Waals surface area contributed by atoms with Gasteiger partial charge in [0.05, 0.1) is 17.9 Å². The van der Waals surface area contributed by atoms with Crippen LogP contribution in [0, 0.1) is 5.82 Å². The van der Waals surface area contributed by atoms with E-state index in [1.165, 1.54) is 12.1 Å². The zero-order valence-corrected chi connectivity index (χ0v) is 13.1. The van der Waals surface area contributed by atoms with Gasteiger partial charge in [-0.15, -0.1) is 0 Å². The molecule has 0 atom stereocenters. The van der Waals surface area contributed by atoms with Crippen LogP contribution < -0.4 is 10.6 Å². The number of rotatable bonds is 7. The first kappa shape index (κ1) is 17.2. The third-order valence-corrected chi connectivity index (χ3v) is 3.12. The number of carbonyl (C=O) groups is 1. The van der Waals surface area contributed by atoms with E-state index in [9.17, 15) is 9.18 Å². The molecule has 0 saturated heterocycles. The molecule has 1 aromatic carbocycles. The molecule has 0 aliphatic carbocycles. The topological polar surface area (TPSA) is 58.8 Å². The van der Waals surface area contributed by atoms with Crippen molar-refractivity contribution in [3.05, 3.63) is 23.5 Å². The Morgan fingerprint density at radius 1 is 1.29 bits per heavy atom. The third kappa shape index (κ3) is 4.90. The van der Waals surface area contributed by atoms with Crippen LogP contribution >= 0.6 is 0 Å². The van der Waals surface area contributed by atoms with Gasteiger partial charge in [0, 0.05) is 19.3 Å². The van der Waals surface area contributed by atoms with Gasteiger partial charge in [-0.25, -0.2) is 9.18 Å². The lowest BCUT2D eigenvalue weighted by Gasteiger charge is -2.22. The third-order valence-electron chi connectivity index (χ3n) is 3.12. The number of ether oxygens (including phenoxy) is 1. The molecule has 1 aromatic rings. The van der Waals surface area contributed by atoms with Gasteiger partial charge in [-0.2, -0.15) is 0 Å². The van der Waals surface area contributed by atoms with Crippen molar-refractivity contribution in [2.75, 3.05) is 51.5 Å². The minimum absolute atomic E-state index is 0.0939. The van der Waals surface area contributed by atoms with E-state index in [4.69, 9.17) is 10.5 Å². The van der Waals surface area contributed by atoms with Crippen molar-refractivity contribution in [3.8, 4) is 0 Å². The first-order valence-corrected chi connectivity index (χ1v) is 6.98. The van der Waals surface area contributed by atoms with E-state index in [0.29, 0.717) is 12.2 Å². The Morgan fingerprint density at radius 3 is 2.52 bits per heavy atom. The lowest BCUT2D eigenvalue weighted by molar-refractivity contribution is 0.0527. The molecular weight excluding hydrogens is 273 g/mol. The fraction of sp³-hybridized carbons (Fsp3) is 0.533. The minimum Gasteiger partial charge on any atom is -0.462 e. The van der Waals surface area contributed by atoms with Gasteiger partial charge in [0.15, 0.2) is 0 Å². The van der Waals surface area contributed by atoms with Crippen LogP contribution in [0.3, 0.4) is 0 Å². The monoisotopic (exact) mass is 297 g/mol. The molecule has 5 nitrogen and oxygen atoms in total. The fourth-order valence-electron chi connectivity index (χ4n) is 2.00. The summed E-state index contributed by atoms with van der Waals surface area (Å²) in [6.07, 6.45) is 0.891. The van der Waals surface area contributed by atoms with Crippen molar-refractivity contribution in [3.63, 3.8) is 0 Å². The summed E-state index contributed by atoms with van der Waals surface area (Å²) in [6.45, 7) is 3.56. The van der Waals surface area contributed by atoms with Gasteiger partial charge < -0.3 is 20.3 Å². The van der Waals surface area contributed by atoms with E-state index in [0.717, 1.165) is 13.0 Å². The molecule has 2 N–H and O–H groups in total. The average molecular weight is 297 g/mol. The van der Waals surface area contributed by atoms with E-state index < -0.39 is 11.8 Å². The Hall–Kier alpha value is -1.82. The Balaban J connectivity index is 2.90. The summed E-state index contributed by atoms with van der Waals surface area (Å²) in [5.41, 5.74) is 6.34. The largest absolute Gasteiger partial charge is 0.462 e. The van der Waals surface area contributed by atoms with Crippen LogP contribution in [0.15, 0.2) is 12.1 Å². The number of esters is 1. The molecule has 0 radical (unpaired) electrons. The molecule has 0 saturated carbocycles. The first-order valence-electron chi connectivity index (χ1n) is 6.98. The standard InChI is InChI=1S/C15H24FN3O2/c1-5-21-15(20)11-9-14(12(16)10-13(11)17)19(4)8-6-7-18(2)3/h9-10H,5-8,17H2,1-4H3. The van der Waals surface area contributed by atoms with E-state index >= 15 is 0 Å². The van der Waals surface area contributed by atoms with Crippen molar-refractivity contribution in [2.24, 2.45) is 0 Å². The molecule has 0 aromatic heterocycles. The maximum Gasteiger partial charge on any atom is 0.340 e. The molecule has 118 valence electrons. The average Bonchev–Trinajstić information content (AvgIpc) is 2.38. The summed E-state index contributed by atoms with van der Waals surface area (Å²) < 4.78 is 19.0. The maximum absolute atomic E-state index is 14.0. The zero-order chi connectivity index (χ0) is 16.0. The molecule has 0 aliphatic heterocycles. The van der Waals surface area contributed by atoms with Crippen LogP contribution in [0.2, 0.25) is 0 Å². The number of halogens is 1. The minimum atomic E-state index is -0.530. The molecule has 6 heteroatoms. The molecule has 21 heavy (non-hydrogen) atoms. The van der Waals surface area contributed by atoms with Gasteiger partial charge in [0.2, 0.25) is 0 Å². The van der Waals surface area contributed by atoms with Crippen LogP contribution in [-0.2, 0) is 4.74 Å². The number of nitrogens with two attached hydrogens (primary N) is 1. The van der Waals surface area contributed by atoms with Crippen molar-refractivity contribution < 1.29 is 13.9 Å². The van der Waals surface area contributed by atoms with Crippen molar-refractivity contribution in [2.45, 2.75) is 13.3 Å². The van der Waals surface area contributed by atoms with Crippen LogP contribution in [0.1, 0.15) is 23.7 Å². The molecule has 0 unspecified atom stereocenters. The second-order valence-corrected chi connectivity index (χ2v) is 5.19. The highest BCUT2D eigenvalue weighted by molar-refractivity contribution is 5.96. The van der Waals surface area contributed by atoms with Gasteiger partial charge in [-0.05, 0) is 46.1 Å². The molecule has 0 spiro atoms. The number of hydrogen-bond acceptors (Lipinski definition) is 5. The number of anilines is 2. The van der Waals surface area contributed by atoms with Crippen LogP contribution in [0.4, 0.5) is 15.8 Å². The van der Waals surface area contributed by atoms with Gasteiger partial charge in [0.1, 0.15) is 5.82 Å². The highest BCUT2D eigenvalue weighted by atomic mass is 19.1. The Morgan fingerprint density at radius 2 is 1.95 bits per heavy atom. The fourth-order valence-corrected chi connectivity index (χ4v) is 2.00. The van der Waals surface area contributed by atoms with Crippen LogP contribution in [0.25, 0.3) is 0 Å². The number of nitrogens with zero attached hydrogens (tertiary/aromatic N) is 2. The number of nitrogen functional groups attached to an aromatic ring is 1. The Bertz CT molecular complexity index is 492. The molecule has 0 fully saturated rings. The van der Waals surface area contributed by atoms with E-state index in [-0.39, 0.29) is 17.9 Å². The smallest absolute Gasteiger partial charge is 0.340 e. The Labute approximate surface area is 125 Å². The van der Waals surface area contributed by atoms with E-state index in [1.807, 2.05) is 14.1 Å². The molecule has 0 heterocycles. The summed E-state index contributed by atoms with van der Waals surface area (Å²) in [4.78, 5) is 15.7. The van der Waals surface area contributed by atoms with E-state index in [2.05, 4.69) is 4.90 Å². The Kier molecular flexibility index (Phi) is 6.42. The SMILES string of the molecule is CCOC(=O)c1cc(N(C)CCCN(C)C)c(F)cc1N. The quantitative estimate of drug-likeness (QED) is 0.616. The van der Waals surface area contributed by atoms with Gasteiger partial charge in [-0.3, -0.25) is 0 Å². The lowest BCUT2D eigenvalue weighted by Crippen LogP contribution is -2.24. The summed E-state index contributed by atoms with van der Waals surface area (Å²) in [5, 5.41) is 0. The highest BCUT2D eigenvalue weighted by Gasteiger charge is 2.17. The molecule has 0 amide bonds. The van der Waals surface area contributed by atoms with Gasteiger partial charge >= 0.3 is 5.97 Å². The lowest BCUT2D eigenvalue weighted by atomic mass is 10.1. The normalized spacial score (nSPS) is 10.8. The maximum atomic E-state index is 14.0. The second-order valence-electron chi connectivity index (χ2n) is 5.19. The number of benzene rings is 1. The highest BCUT2D eigenvalue weighted by Crippen LogP contribution is 2.25. The van der Waals surface area contributed by atoms with Crippen molar-refractivity contribution >= 4 is 17.3 Å².